The summed E-state index contributed by atoms with van der Waals surface area (Å²) in [6.07, 6.45) is 1.61. The van der Waals surface area contributed by atoms with Gasteiger partial charge in [0.05, 0.1) is 21.7 Å². The molecule has 0 atom stereocenters. The number of unbranched alkanes of at least 4 members (excludes halogenated alkanes) is 1. The Labute approximate surface area is 201 Å². The SMILES string of the molecule is CCCCN(C)S(=O)(=O)c1ccc(C(=O)N=c2sc3cccc(F)c3n2CC(=O)OCC)cc1. The molecule has 0 saturated carbocycles. The fourth-order valence-corrected chi connectivity index (χ4v) is 5.51. The number of halogens is 1. The number of rotatable bonds is 9. The van der Waals surface area contributed by atoms with Crippen LogP contribution in [-0.2, 0) is 26.1 Å². The van der Waals surface area contributed by atoms with Gasteiger partial charge in [-0.05, 0) is 49.7 Å². The minimum Gasteiger partial charge on any atom is -0.465 e. The highest BCUT2D eigenvalue weighted by atomic mass is 32.2. The van der Waals surface area contributed by atoms with Crippen LogP contribution in [0.2, 0.25) is 0 Å². The van der Waals surface area contributed by atoms with Crippen LogP contribution in [0.15, 0.2) is 52.4 Å². The highest BCUT2D eigenvalue weighted by Crippen LogP contribution is 2.21. The molecule has 0 aliphatic carbocycles. The van der Waals surface area contributed by atoms with Gasteiger partial charge in [-0.1, -0.05) is 30.7 Å². The van der Waals surface area contributed by atoms with E-state index < -0.39 is 27.7 Å². The lowest BCUT2D eigenvalue weighted by Gasteiger charge is -2.16. The zero-order valence-electron chi connectivity index (χ0n) is 19.2. The van der Waals surface area contributed by atoms with Crippen molar-refractivity contribution in [2.24, 2.45) is 4.99 Å². The van der Waals surface area contributed by atoms with Gasteiger partial charge in [-0.15, -0.1) is 0 Å². The number of esters is 1. The standard InChI is InChI=1S/C23H26FN3O5S2/c1-4-6-14-26(3)34(30,31)17-12-10-16(11-13-17)22(29)25-23-27(15-20(28)32-5-2)21-18(24)8-7-9-19(21)33-23/h7-13H,4-6,14-15H2,1-3H3. The highest BCUT2D eigenvalue weighted by Gasteiger charge is 2.21. The molecule has 8 nitrogen and oxygen atoms in total. The van der Waals surface area contributed by atoms with Gasteiger partial charge in [0, 0.05) is 19.2 Å². The molecule has 0 saturated heterocycles. The normalized spacial score (nSPS) is 12.4. The topological polar surface area (TPSA) is 98.0 Å². The Balaban J connectivity index is 1.96. The summed E-state index contributed by atoms with van der Waals surface area (Å²) < 4.78 is 47.9. The third-order valence-electron chi connectivity index (χ3n) is 5.08. The number of thiazole rings is 1. The molecule has 1 heterocycles. The molecular weight excluding hydrogens is 481 g/mol. The number of carbonyl (C=O) groups is 2. The lowest BCUT2D eigenvalue weighted by Crippen LogP contribution is -2.28. The summed E-state index contributed by atoms with van der Waals surface area (Å²) in [5.74, 6) is -1.78. The lowest BCUT2D eigenvalue weighted by molar-refractivity contribution is -0.143. The van der Waals surface area contributed by atoms with E-state index in [4.69, 9.17) is 4.74 Å². The predicted octanol–water partition coefficient (Wildman–Crippen LogP) is 3.57. The van der Waals surface area contributed by atoms with Crippen molar-refractivity contribution >= 4 is 43.5 Å². The van der Waals surface area contributed by atoms with Crippen LogP contribution in [0.3, 0.4) is 0 Å². The van der Waals surface area contributed by atoms with E-state index in [9.17, 15) is 22.4 Å². The van der Waals surface area contributed by atoms with Crippen LogP contribution in [0.5, 0.6) is 0 Å². The van der Waals surface area contributed by atoms with Crippen LogP contribution in [0.1, 0.15) is 37.0 Å². The van der Waals surface area contributed by atoms with E-state index >= 15 is 0 Å². The fraction of sp³-hybridized carbons (Fsp3) is 0.348. The van der Waals surface area contributed by atoms with Crippen LogP contribution < -0.4 is 4.80 Å². The molecule has 11 heteroatoms. The number of sulfonamides is 1. The summed E-state index contributed by atoms with van der Waals surface area (Å²) in [4.78, 5) is 29.2. The Morgan fingerprint density at radius 3 is 2.50 bits per heavy atom. The van der Waals surface area contributed by atoms with Gasteiger partial charge in [-0.25, -0.2) is 17.1 Å². The van der Waals surface area contributed by atoms with Gasteiger partial charge >= 0.3 is 5.97 Å². The van der Waals surface area contributed by atoms with Crippen LogP contribution in [0, 0.1) is 5.82 Å². The number of amides is 1. The van der Waals surface area contributed by atoms with Crippen LogP contribution in [-0.4, -0.2) is 49.4 Å². The summed E-state index contributed by atoms with van der Waals surface area (Å²) in [6.45, 7) is 3.90. The summed E-state index contributed by atoms with van der Waals surface area (Å²) >= 11 is 1.07. The zero-order valence-corrected chi connectivity index (χ0v) is 20.8. The molecule has 0 N–H and O–H groups in total. The van der Waals surface area contributed by atoms with Crippen molar-refractivity contribution in [2.75, 3.05) is 20.2 Å². The average Bonchev–Trinajstić information content (AvgIpc) is 3.15. The number of para-hydroxylation sites is 1. The van der Waals surface area contributed by atoms with Crippen molar-refractivity contribution in [1.29, 1.82) is 0 Å². The maximum absolute atomic E-state index is 14.5. The van der Waals surface area contributed by atoms with Crippen molar-refractivity contribution in [1.82, 2.24) is 8.87 Å². The van der Waals surface area contributed by atoms with Gasteiger partial charge < -0.3 is 9.30 Å². The molecule has 1 amide bonds. The molecule has 3 aromatic rings. The molecule has 2 aromatic carbocycles. The van der Waals surface area contributed by atoms with Gasteiger partial charge in [0.2, 0.25) is 10.0 Å². The second kappa shape index (κ2) is 11.0. The molecule has 0 radical (unpaired) electrons. The van der Waals surface area contributed by atoms with Gasteiger partial charge in [-0.3, -0.25) is 9.59 Å². The molecule has 182 valence electrons. The van der Waals surface area contributed by atoms with Crippen molar-refractivity contribution in [2.45, 2.75) is 38.1 Å². The van der Waals surface area contributed by atoms with Crippen molar-refractivity contribution in [3.05, 3.63) is 58.6 Å². The number of hydrogen-bond acceptors (Lipinski definition) is 6. The number of benzene rings is 2. The molecule has 0 aliphatic heterocycles. The first-order valence-corrected chi connectivity index (χ1v) is 13.0. The number of hydrogen-bond donors (Lipinski definition) is 0. The summed E-state index contributed by atoms with van der Waals surface area (Å²) in [6, 6.07) is 9.95. The Hall–Kier alpha value is -2.89. The molecule has 0 fully saturated rings. The van der Waals surface area contributed by atoms with E-state index in [1.54, 1.807) is 13.0 Å². The molecule has 0 unspecified atom stereocenters. The summed E-state index contributed by atoms with van der Waals surface area (Å²) in [5, 5.41) is 0. The maximum atomic E-state index is 14.5. The van der Waals surface area contributed by atoms with Crippen LogP contribution in [0.4, 0.5) is 4.39 Å². The number of ether oxygens (including phenoxy) is 1. The zero-order chi connectivity index (χ0) is 24.9. The average molecular weight is 508 g/mol. The molecule has 34 heavy (non-hydrogen) atoms. The third-order valence-corrected chi connectivity index (χ3v) is 7.99. The molecular formula is C23H26FN3O5S2. The minimum atomic E-state index is -3.66. The molecule has 3 rings (SSSR count). The Kier molecular flexibility index (Phi) is 8.34. The minimum absolute atomic E-state index is 0.0731. The highest BCUT2D eigenvalue weighted by molar-refractivity contribution is 7.89. The van der Waals surface area contributed by atoms with Crippen molar-refractivity contribution in [3.8, 4) is 0 Å². The Morgan fingerprint density at radius 1 is 1.15 bits per heavy atom. The first-order chi connectivity index (χ1) is 16.2. The third kappa shape index (κ3) is 5.60. The van der Waals surface area contributed by atoms with Gasteiger partial charge in [0.25, 0.3) is 5.91 Å². The molecule has 0 spiro atoms. The van der Waals surface area contributed by atoms with E-state index in [-0.39, 0.29) is 33.9 Å². The van der Waals surface area contributed by atoms with E-state index in [1.807, 2.05) is 6.92 Å². The Morgan fingerprint density at radius 2 is 1.85 bits per heavy atom. The Bertz CT molecular complexity index is 1360. The smallest absolute Gasteiger partial charge is 0.326 e. The number of fused-ring (bicyclic) bond motifs is 1. The first kappa shape index (κ1) is 25.7. The van der Waals surface area contributed by atoms with E-state index in [0.717, 1.165) is 24.2 Å². The summed E-state index contributed by atoms with van der Waals surface area (Å²) in [7, 11) is -2.15. The van der Waals surface area contributed by atoms with E-state index in [0.29, 0.717) is 11.2 Å². The number of carbonyl (C=O) groups excluding carboxylic acids is 2. The predicted molar refractivity (Wildman–Crippen MR) is 127 cm³/mol. The number of nitrogens with zero attached hydrogens (tertiary/aromatic N) is 3. The lowest BCUT2D eigenvalue weighted by atomic mass is 10.2. The first-order valence-electron chi connectivity index (χ1n) is 10.8. The number of aromatic nitrogens is 1. The van der Waals surface area contributed by atoms with Crippen LogP contribution in [0.25, 0.3) is 10.2 Å². The van der Waals surface area contributed by atoms with Gasteiger partial charge in [0.1, 0.15) is 12.4 Å². The molecule has 1 aromatic heterocycles. The fourth-order valence-electron chi connectivity index (χ4n) is 3.26. The quantitative estimate of drug-likeness (QED) is 0.413. The largest absolute Gasteiger partial charge is 0.465 e. The van der Waals surface area contributed by atoms with Gasteiger partial charge in [0.15, 0.2) is 4.80 Å². The second-order valence-electron chi connectivity index (χ2n) is 7.48. The van der Waals surface area contributed by atoms with Crippen LogP contribution >= 0.6 is 11.3 Å². The molecule has 0 aliphatic rings. The monoisotopic (exact) mass is 507 g/mol. The van der Waals surface area contributed by atoms with E-state index in [1.165, 1.54) is 52.3 Å². The van der Waals surface area contributed by atoms with Gasteiger partial charge in [-0.2, -0.15) is 4.99 Å². The second-order valence-corrected chi connectivity index (χ2v) is 10.5. The maximum Gasteiger partial charge on any atom is 0.326 e. The summed E-state index contributed by atoms with van der Waals surface area (Å²) in [5.41, 5.74) is 0.319. The van der Waals surface area contributed by atoms with Crippen molar-refractivity contribution < 1.29 is 27.1 Å². The van der Waals surface area contributed by atoms with E-state index in [2.05, 4.69) is 4.99 Å². The van der Waals surface area contributed by atoms with Crippen molar-refractivity contribution in [3.63, 3.8) is 0 Å². The molecule has 0 bridgehead atoms.